The van der Waals surface area contributed by atoms with Gasteiger partial charge in [0.25, 0.3) is 0 Å². The summed E-state index contributed by atoms with van der Waals surface area (Å²) in [5.74, 6) is 0.798. The molecule has 1 aliphatic carbocycles. The molecule has 0 N–H and O–H groups in total. The first kappa shape index (κ1) is 13.8. The second kappa shape index (κ2) is 6.10. The number of hydrogen-bond acceptors (Lipinski definition) is 3. The zero-order chi connectivity index (χ0) is 13.9. The minimum atomic E-state index is -0.00542. The van der Waals surface area contributed by atoms with Gasteiger partial charge >= 0.3 is 0 Å². The lowest BCUT2D eigenvalue weighted by Gasteiger charge is -2.09. The third kappa shape index (κ3) is 2.96. The Bertz CT molecular complexity index is 627. The van der Waals surface area contributed by atoms with Gasteiger partial charge in [-0.1, -0.05) is 22.0 Å². The molecule has 2 nitrogen and oxygen atoms in total. The smallest absolute Gasteiger partial charge is 0.152 e. The summed E-state index contributed by atoms with van der Waals surface area (Å²) in [5, 5.41) is 0. The van der Waals surface area contributed by atoms with E-state index in [-0.39, 0.29) is 11.7 Å². The van der Waals surface area contributed by atoms with Crippen LogP contribution in [0.4, 0.5) is 0 Å². The number of aryl methyl sites for hydroxylation is 1. The Morgan fingerprint density at radius 2 is 2.10 bits per heavy atom. The molecule has 1 aromatic heterocycles. The highest BCUT2D eigenvalue weighted by atomic mass is 79.9. The topological polar surface area (TPSA) is 30.0 Å². The highest BCUT2D eigenvalue weighted by molar-refractivity contribution is 9.10. The number of Topliss-reactive ketones (excluding diaryl/α,β-unsaturated/α-hetero) is 1. The monoisotopic (exact) mass is 347 g/mol. The van der Waals surface area contributed by atoms with Crippen LogP contribution in [0.3, 0.4) is 0 Å². The zero-order valence-corrected chi connectivity index (χ0v) is 13.3. The predicted octanol–water partition coefficient (Wildman–Crippen LogP) is 4.24. The maximum Gasteiger partial charge on any atom is 0.152 e. The van der Waals surface area contributed by atoms with Crippen molar-refractivity contribution in [3.05, 3.63) is 58.3 Å². The van der Waals surface area contributed by atoms with Gasteiger partial charge in [-0.05, 0) is 48.7 Å². The minimum absolute atomic E-state index is 0.00542. The maximum atomic E-state index is 12.4. The molecule has 1 unspecified atom stereocenters. The number of ketones is 1. The van der Waals surface area contributed by atoms with Crippen LogP contribution in [-0.4, -0.2) is 16.5 Å². The van der Waals surface area contributed by atoms with E-state index in [0.29, 0.717) is 5.75 Å². The van der Waals surface area contributed by atoms with Crippen LogP contribution in [0.15, 0.2) is 52.0 Å². The summed E-state index contributed by atoms with van der Waals surface area (Å²) in [6.07, 6.45) is 3.67. The Morgan fingerprint density at radius 3 is 2.90 bits per heavy atom. The fourth-order valence-corrected chi connectivity index (χ4v) is 3.61. The molecule has 0 amide bonds. The Balaban J connectivity index is 1.65. The van der Waals surface area contributed by atoms with E-state index in [1.807, 2.05) is 30.3 Å². The van der Waals surface area contributed by atoms with Crippen molar-refractivity contribution in [3.63, 3.8) is 0 Å². The van der Waals surface area contributed by atoms with Gasteiger partial charge in [0.1, 0.15) is 0 Å². The van der Waals surface area contributed by atoms with Gasteiger partial charge in [0.05, 0.1) is 17.4 Å². The SMILES string of the molecule is O=C(CSc1ccc(Br)cc1)C1CCc2cccnc21. The number of hydrogen-bond donors (Lipinski definition) is 0. The Kier molecular flexibility index (Phi) is 4.22. The number of halogens is 1. The third-order valence-electron chi connectivity index (χ3n) is 3.54. The average molecular weight is 348 g/mol. The van der Waals surface area contributed by atoms with Crippen LogP contribution in [0.1, 0.15) is 23.6 Å². The van der Waals surface area contributed by atoms with E-state index in [2.05, 4.69) is 27.0 Å². The van der Waals surface area contributed by atoms with Gasteiger partial charge in [-0.15, -0.1) is 11.8 Å². The summed E-state index contributed by atoms with van der Waals surface area (Å²) in [6, 6.07) is 12.1. The molecule has 20 heavy (non-hydrogen) atoms. The molecule has 0 aliphatic heterocycles. The highest BCUT2D eigenvalue weighted by Crippen LogP contribution is 2.33. The molecule has 2 aromatic rings. The maximum absolute atomic E-state index is 12.4. The summed E-state index contributed by atoms with van der Waals surface area (Å²) in [4.78, 5) is 17.9. The second-order valence-electron chi connectivity index (χ2n) is 4.85. The number of pyridine rings is 1. The number of fused-ring (bicyclic) bond motifs is 1. The highest BCUT2D eigenvalue weighted by Gasteiger charge is 2.29. The van der Waals surface area contributed by atoms with Crippen LogP contribution < -0.4 is 0 Å². The normalized spacial score (nSPS) is 16.9. The van der Waals surface area contributed by atoms with Gasteiger partial charge in [0, 0.05) is 15.6 Å². The number of nitrogens with zero attached hydrogens (tertiary/aromatic N) is 1. The van der Waals surface area contributed by atoms with Crippen molar-refractivity contribution in [2.24, 2.45) is 0 Å². The molecule has 1 atom stereocenters. The fraction of sp³-hybridized carbons (Fsp3) is 0.250. The first-order chi connectivity index (χ1) is 9.74. The van der Waals surface area contributed by atoms with Crippen molar-refractivity contribution in [2.75, 3.05) is 5.75 Å². The number of aromatic nitrogens is 1. The van der Waals surface area contributed by atoms with Gasteiger partial charge in [-0.25, -0.2) is 0 Å². The van der Waals surface area contributed by atoms with Crippen molar-refractivity contribution in [1.82, 2.24) is 4.98 Å². The minimum Gasteiger partial charge on any atom is -0.298 e. The second-order valence-corrected chi connectivity index (χ2v) is 6.81. The average Bonchev–Trinajstić information content (AvgIpc) is 2.90. The van der Waals surface area contributed by atoms with Gasteiger partial charge in [-0.3, -0.25) is 9.78 Å². The third-order valence-corrected chi connectivity index (χ3v) is 5.10. The molecule has 3 rings (SSSR count). The van der Waals surface area contributed by atoms with Crippen LogP contribution in [0.2, 0.25) is 0 Å². The lowest BCUT2D eigenvalue weighted by Crippen LogP contribution is -2.13. The van der Waals surface area contributed by atoms with Crippen LogP contribution in [0, 0.1) is 0 Å². The zero-order valence-electron chi connectivity index (χ0n) is 10.9. The molecule has 0 saturated carbocycles. The number of rotatable bonds is 4. The van der Waals surface area contributed by atoms with Crippen LogP contribution in [0.25, 0.3) is 0 Å². The van der Waals surface area contributed by atoms with Crippen LogP contribution in [0.5, 0.6) is 0 Å². The van der Waals surface area contributed by atoms with Crippen LogP contribution in [-0.2, 0) is 11.2 Å². The molecule has 4 heteroatoms. The molecule has 0 fully saturated rings. The van der Waals surface area contributed by atoms with Gasteiger partial charge in [-0.2, -0.15) is 0 Å². The number of benzene rings is 1. The lowest BCUT2D eigenvalue weighted by atomic mass is 10.0. The Labute approximate surface area is 131 Å². The molecule has 102 valence electrons. The van der Waals surface area contributed by atoms with E-state index >= 15 is 0 Å². The molecule has 0 saturated heterocycles. The first-order valence-corrected chi connectivity index (χ1v) is 8.37. The molecule has 1 aliphatic rings. The Hall–Kier alpha value is -1.13. The van der Waals surface area contributed by atoms with Crippen molar-refractivity contribution in [2.45, 2.75) is 23.7 Å². The van der Waals surface area contributed by atoms with E-state index in [1.165, 1.54) is 5.56 Å². The molecule has 1 heterocycles. The molecule has 0 spiro atoms. The van der Waals surface area contributed by atoms with E-state index in [4.69, 9.17) is 0 Å². The summed E-state index contributed by atoms with van der Waals surface area (Å²) in [5.41, 5.74) is 2.23. The van der Waals surface area contributed by atoms with Gasteiger partial charge < -0.3 is 0 Å². The Morgan fingerprint density at radius 1 is 1.30 bits per heavy atom. The van der Waals surface area contributed by atoms with E-state index in [9.17, 15) is 4.79 Å². The summed E-state index contributed by atoms with van der Waals surface area (Å²) in [7, 11) is 0. The number of thioether (sulfide) groups is 1. The van der Waals surface area contributed by atoms with E-state index in [1.54, 1.807) is 18.0 Å². The summed E-state index contributed by atoms with van der Waals surface area (Å²) < 4.78 is 1.06. The standard InChI is InChI=1S/C16H14BrNOS/c17-12-4-6-13(7-5-12)20-10-15(19)14-8-3-11-2-1-9-18-16(11)14/h1-2,4-7,9,14H,3,8,10H2. The quantitative estimate of drug-likeness (QED) is 0.775. The van der Waals surface area contributed by atoms with Gasteiger partial charge in [0.2, 0.25) is 0 Å². The predicted molar refractivity (Wildman–Crippen MR) is 85.2 cm³/mol. The lowest BCUT2D eigenvalue weighted by molar-refractivity contribution is -0.118. The van der Waals surface area contributed by atoms with E-state index in [0.717, 1.165) is 27.9 Å². The largest absolute Gasteiger partial charge is 0.298 e. The van der Waals surface area contributed by atoms with Crippen molar-refractivity contribution >= 4 is 33.5 Å². The molecule has 0 radical (unpaired) electrons. The van der Waals surface area contributed by atoms with E-state index < -0.39 is 0 Å². The number of carbonyl (C=O) groups excluding carboxylic acids is 1. The van der Waals surface area contributed by atoms with Crippen molar-refractivity contribution in [1.29, 1.82) is 0 Å². The molecule has 1 aromatic carbocycles. The fourth-order valence-electron chi connectivity index (χ4n) is 2.51. The number of carbonyl (C=O) groups is 1. The summed E-state index contributed by atoms with van der Waals surface area (Å²) in [6.45, 7) is 0. The summed E-state index contributed by atoms with van der Waals surface area (Å²) >= 11 is 5.01. The van der Waals surface area contributed by atoms with Gasteiger partial charge in [0.15, 0.2) is 5.78 Å². The van der Waals surface area contributed by atoms with Crippen molar-refractivity contribution < 1.29 is 4.79 Å². The molecule has 0 bridgehead atoms. The van der Waals surface area contributed by atoms with Crippen LogP contribution >= 0.6 is 27.7 Å². The molecular formula is C16H14BrNOS. The first-order valence-electron chi connectivity index (χ1n) is 6.59. The van der Waals surface area contributed by atoms with Crippen molar-refractivity contribution in [3.8, 4) is 0 Å². The molecular weight excluding hydrogens is 334 g/mol.